The smallest absolute Gasteiger partial charge is 0.260 e. The third-order valence-corrected chi connectivity index (χ3v) is 2.14. The fourth-order valence-corrected chi connectivity index (χ4v) is 1.47. The Hall–Kier alpha value is -1.64. The molecule has 1 aromatic rings. The van der Waals surface area contributed by atoms with Crippen LogP contribution in [0, 0.1) is 5.92 Å². The molecule has 0 saturated carbocycles. The van der Waals surface area contributed by atoms with Gasteiger partial charge in [0.05, 0.1) is 0 Å². The minimum Gasteiger partial charge on any atom is -0.290 e. The zero-order valence-corrected chi connectivity index (χ0v) is 9.98. The third-order valence-electron chi connectivity index (χ3n) is 2.14. The van der Waals surface area contributed by atoms with E-state index in [1.165, 1.54) is 5.56 Å². The van der Waals surface area contributed by atoms with E-state index in [0.29, 0.717) is 18.3 Å². The summed E-state index contributed by atoms with van der Waals surface area (Å²) in [6, 6.07) is 8.40. The average Bonchev–Trinajstić information content (AvgIpc) is 2.19. The van der Waals surface area contributed by atoms with Crippen LogP contribution in [0.1, 0.15) is 25.0 Å². The van der Waals surface area contributed by atoms with Crippen LogP contribution in [0.2, 0.25) is 0 Å². The predicted molar refractivity (Wildman–Crippen MR) is 68.6 cm³/mol. The molecule has 0 radical (unpaired) electrons. The molecule has 3 heteroatoms. The predicted octanol–water partition coefficient (Wildman–Crippen LogP) is 0.420. The zero-order chi connectivity index (χ0) is 12.0. The first kappa shape index (κ1) is 12.4. The number of amidine groups is 1. The van der Waals surface area contributed by atoms with Gasteiger partial charge in [0.1, 0.15) is 6.54 Å². The molecule has 0 unspecified atom stereocenters. The lowest BCUT2D eigenvalue weighted by Crippen LogP contribution is -2.47. The summed E-state index contributed by atoms with van der Waals surface area (Å²) in [5.41, 5.74) is 7.75. The molecule has 0 atom stereocenters. The summed E-state index contributed by atoms with van der Waals surface area (Å²) in [5, 5.41) is 5.32. The van der Waals surface area contributed by atoms with Crippen LogP contribution in [0.5, 0.6) is 0 Å². The van der Waals surface area contributed by atoms with Crippen molar-refractivity contribution in [1.29, 1.82) is 0 Å². The van der Waals surface area contributed by atoms with Gasteiger partial charge in [-0.05, 0) is 23.5 Å². The Kier molecular flexibility index (Phi) is 4.70. The van der Waals surface area contributed by atoms with E-state index in [0.717, 1.165) is 12.0 Å². The molecule has 0 heterocycles. The van der Waals surface area contributed by atoms with Gasteiger partial charge in [-0.3, -0.25) is 16.1 Å². The number of nitrogens with two attached hydrogens (primary N) is 2. The lowest BCUT2D eigenvalue weighted by molar-refractivity contribution is -0.116. The number of hydrogen-bond acceptors (Lipinski definition) is 1. The lowest BCUT2D eigenvalue weighted by Gasteiger charge is -2.04. The van der Waals surface area contributed by atoms with Gasteiger partial charge >= 0.3 is 0 Å². The minimum atomic E-state index is 0.340. The lowest BCUT2D eigenvalue weighted by atomic mass is 10.0. The number of hydrogen-bond donors (Lipinski definition) is 2. The fourth-order valence-electron chi connectivity index (χ4n) is 1.47. The van der Waals surface area contributed by atoms with Crippen LogP contribution in [-0.2, 0) is 6.42 Å². The first-order valence-electron chi connectivity index (χ1n) is 5.53. The topological polar surface area (TPSA) is 64.0 Å². The highest BCUT2D eigenvalue weighted by atomic mass is 14.8. The van der Waals surface area contributed by atoms with Gasteiger partial charge in [0.15, 0.2) is 0 Å². The maximum atomic E-state index is 5.32. The monoisotopic (exact) mass is 218 g/mol. The van der Waals surface area contributed by atoms with Crippen LogP contribution in [0.4, 0.5) is 0 Å². The Morgan fingerprint density at radius 3 is 2.50 bits per heavy atom. The van der Waals surface area contributed by atoms with E-state index in [1.807, 2.05) is 0 Å². The van der Waals surface area contributed by atoms with Crippen LogP contribution in [-0.4, -0.2) is 18.6 Å². The molecule has 4 N–H and O–H groups in total. The van der Waals surface area contributed by atoms with Crippen LogP contribution >= 0.6 is 0 Å². The average molecular weight is 218 g/mol. The maximum Gasteiger partial charge on any atom is 0.260 e. The largest absolute Gasteiger partial charge is 0.290 e. The van der Waals surface area contributed by atoms with Crippen LogP contribution in [0.25, 0.3) is 0 Å². The van der Waals surface area contributed by atoms with Gasteiger partial charge in [0, 0.05) is 6.21 Å². The molecule has 1 rings (SSSR count). The molecule has 0 spiro atoms. The highest BCUT2D eigenvalue weighted by Crippen LogP contribution is 2.08. The minimum absolute atomic E-state index is 0.340. The Morgan fingerprint density at radius 1 is 1.38 bits per heavy atom. The van der Waals surface area contributed by atoms with Crippen molar-refractivity contribution < 1.29 is 5.41 Å². The summed E-state index contributed by atoms with van der Waals surface area (Å²) >= 11 is 0. The first-order valence-corrected chi connectivity index (χ1v) is 5.53. The molecular weight excluding hydrogens is 198 g/mol. The highest BCUT2D eigenvalue weighted by molar-refractivity contribution is 5.83. The third kappa shape index (κ3) is 4.73. The highest BCUT2D eigenvalue weighted by Gasteiger charge is 1.97. The molecule has 0 aliphatic heterocycles. The summed E-state index contributed by atoms with van der Waals surface area (Å²) in [7, 11) is 0. The van der Waals surface area contributed by atoms with Crippen molar-refractivity contribution in [1.82, 2.24) is 0 Å². The van der Waals surface area contributed by atoms with Crippen molar-refractivity contribution in [3.63, 3.8) is 0 Å². The van der Waals surface area contributed by atoms with E-state index in [4.69, 9.17) is 11.1 Å². The Balaban J connectivity index is 2.57. The summed E-state index contributed by atoms with van der Waals surface area (Å²) in [6.07, 6.45) is 2.90. The van der Waals surface area contributed by atoms with Crippen molar-refractivity contribution in [2.75, 3.05) is 6.54 Å². The second-order valence-electron chi connectivity index (χ2n) is 4.38. The Morgan fingerprint density at radius 2 is 2.00 bits per heavy atom. The van der Waals surface area contributed by atoms with Crippen molar-refractivity contribution in [2.45, 2.75) is 20.3 Å². The number of nitrogens with zero attached hydrogens (tertiary/aromatic N) is 1. The Labute approximate surface area is 96.9 Å². The van der Waals surface area contributed by atoms with E-state index < -0.39 is 0 Å². The van der Waals surface area contributed by atoms with E-state index in [-0.39, 0.29) is 0 Å². The molecule has 16 heavy (non-hydrogen) atoms. The van der Waals surface area contributed by atoms with Crippen molar-refractivity contribution in [3.05, 3.63) is 35.4 Å². The van der Waals surface area contributed by atoms with Gasteiger partial charge in [-0.15, -0.1) is 0 Å². The van der Waals surface area contributed by atoms with Crippen LogP contribution in [0.3, 0.4) is 0 Å². The molecule has 0 bridgehead atoms. The molecule has 86 valence electrons. The van der Waals surface area contributed by atoms with Crippen molar-refractivity contribution in [2.24, 2.45) is 16.6 Å². The maximum absolute atomic E-state index is 5.32. The van der Waals surface area contributed by atoms with Gasteiger partial charge in [-0.1, -0.05) is 38.1 Å². The quantitative estimate of drug-likeness (QED) is 0.546. The van der Waals surface area contributed by atoms with Crippen molar-refractivity contribution in [3.8, 4) is 0 Å². The van der Waals surface area contributed by atoms with Gasteiger partial charge < -0.3 is 0 Å². The SMILES string of the molecule is CC(C)Cc1ccc(C=NCC(N)=[NH2+])cc1. The summed E-state index contributed by atoms with van der Waals surface area (Å²) in [5.74, 6) is 1.03. The standard InChI is InChI=1S/C13H19N3/c1-10(2)7-11-3-5-12(6-4-11)8-16-9-13(14)15/h3-6,8,10H,7,9H2,1-2H3,(H3,14,15)/p+1. The van der Waals surface area contributed by atoms with E-state index in [9.17, 15) is 0 Å². The number of rotatable bonds is 5. The number of aliphatic imine (C=N–C) groups is 1. The summed E-state index contributed by atoms with van der Waals surface area (Å²) < 4.78 is 0. The Bertz CT molecular complexity index is 363. The van der Waals surface area contributed by atoms with Crippen molar-refractivity contribution >= 4 is 12.1 Å². The second-order valence-corrected chi connectivity index (χ2v) is 4.38. The summed E-state index contributed by atoms with van der Waals surface area (Å²) in [4.78, 5) is 4.12. The van der Waals surface area contributed by atoms with E-state index in [1.54, 1.807) is 6.21 Å². The zero-order valence-electron chi connectivity index (χ0n) is 9.98. The second kappa shape index (κ2) is 6.05. The number of benzene rings is 1. The van der Waals surface area contributed by atoms with E-state index >= 15 is 0 Å². The first-order chi connectivity index (χ1) is 7.58. The van der Waals surface area contributed by atoms with Crippen LogP contribution in [0.15, 0.2) is 29.3 Å². The van der Waals surface area contributed by atoms with E-state index in [2.05, 4.69) is 43.1 Å². The molecule has 3 nitrogen and oxygen atoms in total. The van der Waals surface area contributed by atoms with Gasteiger partial charge in [0.2, 0.25) is 0 Å². The molecule has 0 aliphatic carbocycles. The normalized spacial score (nSPS) is 11.2. The fraction of sp³-hybridized carbons (Fsp3) is 0.385. The molecule has 0 fully saturated rings. The molecule has 0 aromatic heterocycles. The molecule has 1 aromatic carbocycles. The van der Waals surface area contributed by atoms with Gasteiger partial charge in [0.25, 0.3) is 5.84 Å². The molecular formula is C13H20N3+. The molecule has 0 saturated heterocycles. The molecule has 0 aliphatic rings. The molecule has 0 amide bonds. The van der Waals surface area contributed by atoms with Gasteiger partial charge in [-0.25, -0.2) is 0 Å². The van der Waals surface area contributed by atoms with Crippen LogP contribution < -0.4 is 11.1 Å². The van der Waals surface area contributed by atoms with Gasteiger partial charge in [-0.2, -0.15) is 0 Å². The summed E-state index contributed by atoms with van der Waals surface area (Å²) in [6.45, 7) is 4.82.